The zero-order valence-corrected chi connectivity index (χ0v) is 27.9. The van der Waals surface area contributed by atoms with E-state index in [1.54, 1.807) is 0 Å². The van der Waals surface area contributed by atoms with Gasteiger partial charge in [0.05, 0.1) is 0 Å². The number of hydrogen-bond donors (Lipinski definition) is 0. The zero-order chi connectivity index (χ0) is 28.5. The molecule has 0 N–H and O–H groups in total. The van der Waals surface area contributed by atoms with Crippen molar-refractivity contribution in [2.24, 2.45) is 40.9 Å². The van der Waals surface area contributed by atoms with Crippen molar-refractivity contribution in [1.82, 2.24) is 0 Å². The van der Waals surface area contributed by atoms with Gasteiger partial charge in [0.15, 0.2) is 0 Å². The molecule has 3 aliphatic rings. The molecule has 0 radical (unpaired) electrons. The molecular formula is C38H72O2. The van der Waals surface area contributed by atoms with E-state index in [1.165, 1.54) is 161 Å². The lowest BCUT2D eigenvalue weighted by molar-refractivity contribution is -0.0968. The van der Waals surface area contributed by atoms with Crippen molar-refractivity contribution in [3.8, 4) is 0 Å². The third kappa shape index (κ3) is 10.3. The summed E-state index contributed by atoms with van der Waals surface area (Å²) in [6, 6.07) is 0. The zero-order valence-electron chi connectivity index (χ0n) is 27.9. The molecule has 2 heteroatoms. The third-order valence-electron chi connectivity index (χ3n) is 12.3. The standard InChI is InChI=1S/C38H72O2/c1-5-7-9-15-21-32-26-28-38(27-20-14-13-18-24-35(38)31-40-4)37(36(32)25-19-10-8-6-2)29-33-22-16-11-12-17-23-34(33)30-39-3/h32-37H,5-31H2,1-4H3. The minimum absolute atomic E-state index is 0.520. The Kier molecular flexibility index (Phi) is 17.2. The molecule has 1 spiro atoms. The first-order valence-electron chi connectivity index (χ1n) is 18.7. The van der Waals surface area contributed by atoms with E-state index in [2.05, 4.69) is 13.8 Å². The summed E-state index contributed by atoms with van der Waals surface area (Å²) in [7, 11) is 3.96. The lowest BCUT2D eigenvalue weighted by Gasteiger charge is -2.57. The quantitative estimate of drug-likeness (QED) is 0.175. The maximum Gasteiger partial charge on any atom is 0.0495 e. The first-order chi connectivity index (χ1) is 19.7. The Morgan fingerprint density at radius 1 is 0.550 bits per heavy atom. The fraction of sp³-hybridized carbons (Fsp3) is 1.00. The maximum atomic E-state index is 6.09. The van der Waals surface area contributed by atoms with Crippen LogP contribution in [-0.4, -0.2) is 27.4 Å². The van der Waals surface area contributed by atoms with Gasteiger partial charge < -0.3 is 9.47 Å². The van der Waals surface area contributed by atoms with Gasteiger partial charge >= 0.3 is 0 Å². The minimum Gasteiger partial charge on any atom is -0.384 e. The molecule has 0 saturated heterocycles. The molecule has 3 fully saturated rings. The molecule has 3 aliphatic carbocycles. The van der Waals surface area contributed by atoms with Crippen molar-refractivity contribution in [2.45, 2.75) is 174 Å². The van der Waals surface area contributed by atoms with Gasteiger partial charge in [-0.2, -0.15) is 0 Å². The Morgan fingerprint density at radius 3 is 1.85 bits per heavy atom. The van der Waals surface area contributed by atoms with Gasteiger partial charge in [0, 0.05) is 27.4 Å². The largest absolute Gasteiger partial charge is 0.384 e. The summed E-state index contributed by atoms with van der Waals surface area (Å²) in [6.45, 7) is 6.75. The van der Waals surface area contributed by atoms with Gasteiger partial charge in [0.25, 0.3) is 0 Å². The van der Waals surface area contributed by atoms with Crippen LogP contribution in [0.2, 0.25) is 0 Å². The molecule has 2 nitrogen and oxygen atoms in total. The van der Waals surface area contributed by atoms with E-state index in [0.29, 0.717) is 5.41 Å². The maximum absolute atomic E-state index is 6.09. The highest BCUT2D eigenvalue weighted by Crippen LogP contribution is 2.60. The van der Waals surface area contributed by atoms with Gasteiger partial charge in [0.2, 0.25) is 0 Å². The van der Waals surface area contributed by atoms with Crippen LogP contribution >= 0.6 is 0 Å². The summed E-state index contributed by atoms with van der Waals surface area (Å²) >= 11 is 0. The monoisotopic (exact) mass is 561 g/mol. The third-order valence-corrected chi connectivity index (χ3v) is 12.3. The Morgan fingerprint density at radius 2 is 1.18 bits per heavy atom. The van der Waals surface area contributed by atoms with E-state index >= 15 is 0 Å². The normalized spacial score (nSPS) is 34.2. The van der Waals surface area contributed by atoms with E-state index in [4.69, 9.17) is 9.47 Å². The molecule has 0 bridgehead atoms. The smallest absolute Gasteiger partial charge is 0.0495 e. The first-order valence-corrected chi connectivity index (χ1v) is 18.7. The van der Waals surface area contributed by atoms with Gasteiger partial charge in [-0.15, -0.1) is 0 Å². The van der Waals surface area contributed by atoms with Crippen LogP contribution < -0.4 is 0 Å². The van der Waals surface area contributed by atoms with Gasteiger partial charge in [0.1, 0.15) is 0 Å². The summed E-state index contributed by atoms with van der Waals surface area (Å²) in [5.74, 6) is 5.24. The van der Waals surface area contributed by atoms with Crippen LogP contribution in [0.15, 0.2) is 0 Å². The second-order valence-corrected chi connectivity index (χ2v) is 14.8. The number of rotatable bonds is 16. The molecule has 3 rings (SSSR count). The summed E-state index contributed by atoms with van der Waals surface area (Å²) in [4.78, 5) is 0. The number of hydrogen-bond acceptors (Lipinski definition) is 2. The highest BCUT2D eigenvalue weighted by molar-refractivity contribution is 5.02. The van der Waals surface area contributed by atoms with Crippen molar-refractivity contribution in [1.29, 1.82) is 0 Å². The topological polar surface area (TPSA) is 18.5 Å². The van der Waals surface area contributed by atoms with Crippen LogP contribution in [0, 0.1) is 40.9 Å². The average Bonchev–Trinajstić information content (AvgIpc) is 2.94. The molecule has 0 heterocycles. The Balaban J connectivity index is 1.97. The van der Waals surface area contributed by atoms with Gasteiger partial charge in [-0.1, -0.05) is 129 Å². The fourth-order valence-corrected chi connectivity index (χ4v) is 10.1. The second kappa shape index (κ2) is 20.0. The van der Waals surface area contributed by atoms with Crippen LogP contribution in [0.5, 0.6) is 0 Å². The van der Waals surface area contributed by atoms with Crippen molar-refractivity contribution >= 4 is 0 Å². The average molecular weight is 561 g/mol. The summed E-state index contributed by atoms with van der Waals surface area (Å²) < 4.78 is 12.0. The molecule has 3 saturated carbocycles. The van der Waals surface area contributed by atoms with Crippen LogP contribution in [0.3, 0.4) is 0 Å². The lowest BCUT2D eigenvalue weighted by Crippen LogP contribution is -2.50. The minimum atomic E-state index is 0.520. The van der Waals surface area contributed by atoms with Crippen LogP contribution in [-0.2, 0) is 9.47 Å². The fourth-order valence-electron chi connectivity index (χ4n) is 10.1. The number of unbranched alkanes of at least 4 members (excludes halogenated alkanes) is 6. The first kappa shape index (κ1) is 34.4. The van der Waals surface area contributed by atoms with Gasteiger partial charge in [-0.3, -0.25) is 0 Å². The van der Waals surface area contributed by atoms with Crippen molar-refractivity contribution in [3.05, 3.63) is 0 Å². The SMILES string of the molecule is CCCCCCC1CCC2(CCCCCCC2COC)C(CC2CCCCCCC2COC)C1CCCCCC. The van der Waals surface area contributed by atoms with E-state index in [0.717, 1.165) is 48.7 Å². The molecular weight excluding hydrogens is 488 g/mol. The van der Waals surface area contributed by atoms with Gasteiger partial charge in [-0.05, 0) is 85.9 Å². The predicted molar refractivity (Wildman–Crippen MR) is 174 cm³/mol. The van der Waals surface area contributed by atoms with Crippen LogP contribution in [0.4, 0.5) is 0 Å². The second-order valence-electron chi connectivity index (χ2n) is 14.8. The van der Waals surface area contributed by atoms with Crippen molar-refractivity contribution < 1.29 is 9.47 Å². The molecule has 7 atom stereocenters. The Bertz CT molecular complexity index is 619. The summed E-state index contributed by atoms with van der Waals surface area (Å²) in [6.07, 6.45) is 36.3. The molecule has 0 aromatic rings. The van der Waals surface area contributed by atoms with E-state index in [9.17, 15) is 0 Å². The molecule has 0 amide bonds. The molecule has 0 aliphatic heterocycles. The van der Waals surface area contributed by atoms with E-state index in [-0.39, 0.29) is 0 Å². The highest BCUT2D eigenvalue weighted by atomic mass is 16.5. The predicted octanol–water partition coefficient (Wildman–Crippen LogP) is 11.8. The van der Waals surface area contributed by atoms with Crippen molar-refractivity contribution in [2.75, 3.05) is 27.4 Å². The van der Waals surface area contributed by atoms with E-state index in [1.807, 2.05) is 14.2 Å². The molecule has 0 aromatic heterocycles. The molecule has 236 valence electrons. The Labute approximate surface area is 251 Å². The van der Waals surface area contributed by atoms with Crippen LogP contribution in [0.1, 0.15) is 174 Å². The number of methoxy groups -OCH3 is 2. The Hall–Kier alpha value is -0.0800. The lowest BCUT2D eigenvalue weighted by atomic mass is 9.48. The molecule has 40 heavy (non-hydrogen) atoms. The van der Waals surface area contributed by atoms with Crippen molar-refractivity contribution in [3.63, 3.8) is 0 Å². The van der Waals surface area contributed by atoms with Gasteiger partial charge in [-0.25, -0.2) is 0 Å². The van der Waals surface area contributed by atoms with E-state index < -0.39 is 0 Å². The highest BCUT2D eigenvalue weighted by Gasteiger charge is 2.52. The molecule has 0 aromatic carbocycles. The summed E-state index contributed by atoms with van der Waals surface area (Å²) in [5, 5.41) is 0. The molecule has 7 unspecified atom stereocenters. The van der Waals surface area contributed by atoms with Crippen LogP contribution in [0.25, 0.3) is 0 Å². The number of ether oxygens (including phenoxy) is 2. The summed E-state index contributed by atoms with van der Waals surface area (Å²) in [5.41, 5.74) is 0.520.